The van der Waals surface area contributed by atoms with Gasteiger partial charge in [-0.2, -0.15) is 0 Å². The van der Waals surface area contributed by atoms with Gasteiger partial charge < -0.3 is 10.2 Å². The van der Waals surface area contributed by atoms with Crippen LogP contribution in [0.3, 0.4) is 0 Å². The van der Waals surface area contributed by atoms with E-state index in [1.165, 1.54) is 24.1 Å². The molecule has 0 saturated heterocycles. The van der Waals surface area contributed by atoms with Gasteiger partial charge in [-0.15, -0.1) is 0 Å². The zero-order valence-electron chi connectivity index (χ0n) is 19.5. The first-order chi connectivity index (χ1) is 17.0. The van der Waals surface area contributed by atoms with Crippen molar-refractivity contribution in [3.05, 3.63) is 92.9 Å². The molecule has 0 fully saturated rings. The molecule has 0 aliphatic carbocycles. The molecule has 1 N–H and O–H groups in total. The lowest BCUT2D eigenvalue weighted by molar-refractivity contribution is -0.139. The summed E-state index contributed by atoms with van der Waals surface area (Å²) in [6.07, 6.45) is 0. The van der Waals surface area contributed by atoms with Crippen LogP contribution in [0.15, 0.2) is 82.2 Å². The second-order valence-corrected chi connectivity index (χ2v) is 11.5. The van der Waals surface area contributed by atoms with Gasteiger partial charge in [0.25, 0.3) is 10.0 Å². The number of benzene rings is 3. The highest BCUT2D eigenvalue weighted by Gasteiger charge is 2.32. The number of nitrogens with zero attached hydrogens (tertiary/aromatic N) is 2. The van der Waals surface area contributed by atoms with Crippen LogP contribution in [-0.2, 0) is 26.2 Å². The van der Waals surface area contributed by atoms with Crippen LogP contribution in [0.25, 0.3) is 0 Å². The van der Waals surface area contributed by atoms with Crippen LogP contribution in [0, 0.1) is 0 Å². The fourth-order valence-corrected chi connectivity index (χ4v) is 5.64. The number of halogens is 3. The SMILES string of the molecule is CNC(=O)C(C)N(Cc1ccc(Cl)c(Cl)c1)C(=O)CN(c1cccc(Br)c1)S(=O)(=O)c1ccccc1. The smallest absolute Gasteiger partial charge is 0.264 e. The first-order valence-corrected chi connectivity index (χ1v) is 13.8. The third-order valence-electron chi connectivity index (χ3n) is 5.46. The standard InChI is InChI=1S/C25H24BrCl2N3O4S/c1-17(25(33)29-2)30(15-18-11-12-22(27)23(28)13-18)24(32)16-31(20-8-6-7-19(26)14-20)36(34,35)21-9-4-3-5-10-21/h3-14,17H,15-16H2,1-2H3,(H,29,33). The Bertz CT molecular complexity index is 1360. The van der Waals surface area contributed by atoms with Crippen molar-refractivity contribution in [2.24, 2.45) is 0 Å². The second kappa shape index (κ2) is 12.1. The molecule has 3 aromatic rings. The van der Waals surface area contributed by atoms with Crippen molar-refractivity contribution >= 4 is 66.7 Å². The monoisotopic (exact) mass is 611 g/mol. The van der Waals surface area contributed by atoms with Gasteiger partial charge in [-0.3, -0.25) is 13.9 Å². The van der Waals surface area contributed by atoms with Crippen molar-refractivity contribution in [3.8, 4) is 0 Å². The number of sulfonamides is 1. The van der Waals surface area contributed by atoms with Crippen molar-refractivity contribution in [1.29, 1.82) is 0 Å². The number of hydrogen-bond donors (Lipinski definition) is 1. The highest BCUT2D eigenvalue weighted by Crippen LogP contribution is 2.28. The van der Waals surface area contributed by atoms with E-state index in [0.29, 0.717) is 25.8 Å². The first kappa shape index (κ1) is 28.0. The predicted octanol–water partition coefficient (Wildman–Crippen LogP) is 5.11. The van der Waals surface area contributed by atoms with Crippen molar-refractivity contribution < 1.29 is 18.0 Å². The fourth-order valence-electron chi connectivity index (χ4n) is 3.51. The van der Waals surface area contributed by atoms with E-state index in [1.807, 2.05) is 0 Å². The molecule has 11 heteroatoms. The second-order valence-electron chi connectivity index (χ2n) is 7.86. The lowest BCUT2D eigenvalue weighted by Crippen LogP contribution is -2.50. The minimum Gasteiger partial charge on any atom is -0.357 e. The molecule has 0 heterocycles. The summed E-state index contributed by atoms with van der Waals surface area (Å²) in [6.45, 7) is 1.06. The summed E-state index contributed by atoms with van der Waals surface area (Å²) in [7, 11) is -2.64. The molecule has 0 aliphatic heterocycles. The van der Waals surface area contributed by atoms with E-state index in [1.54, 1.807) is 67.6 Å². The summed E-state index contributed by atoms with van der Waals surface area (Å²) in [5.74, 6) is -0.972. The minimum atomic E-state index is -4.11. The molecule has 3 rings (SSSR count). The Morgan fingerprint density at radius 2 is 1.67 bits per heavy atom. The average molecular weight is 613 g/mol. The lowest BCUT2D eigenvalue weighted by Gasteiger charge is -2.32. The van der Waals surface area contributed by atoms with Crippen molar-refractivity contribution in [2.45, 2.75) is 24.4 Å². The number of carbonyl (C=O) groups excluding carboxylic acids is 2. The quantitative estimate of drug-likeness (QED) is 0.364. The highest BCUT2D eigenvalue weighted by atomic mass is 79.9. The predicted molar refractivity (Wildman–Crippen MR) is 146 cm³/mol. The van der Waals surface area contributed by atoms with Crippen LogP contribution in [0.5, 0.6) is 0 Å². The fraction of sp³-hybridized carbons (Fsp3) is 0.200. The number of likely N-dealkylation sites (N-methyl/N-ethyl adjacent to an activating group) is 1. The summed E-state index contributed by atoms with van der Waals surface area (Å²) < 4.78 is 28.9. The average Bonchev–Trinajstić information content (AvgIpc) is 2.87. The molecule has 0 aliphatic rings. The van der Waals surface area contributed by atoms with Gasteiger partial charge in [0.2, 0.25) is 11.8 Å². The van der Waals surface area contributed by atoms with Crippen molar-refractivity contribution in [1.82, 2.24) is 10.2 Å². The van der Waals surface area contributed by atoms with Crippen LogP contribution < -0.4 is 9.62 Å². The number of nitrogens with one attached hydrogen (secondary N) is 1. The van der Waals surface area contributed by atoms with E-state index >= 15 is 0 Å². The molecule has 0 saturated carbocycles. The Morgan fingerprint density at radius 3 is 2.28 bits per heavy atom. The topological polar surface area (TPSA) is 86.8 Å². The molecule has 0 radical (unpaired) electrons. The van der Waals surface area contributed by atoms with Crippen molar-refractivity contribution in [3.63, 3.8) is 0 Å². The van der Waals surface area contributed by atoms with Gasteiger partial charge in [0.15, 0.2) is 0 Å². The normalized spacial score (nSPS) is 12.0. The molecule has 0 aromatic heterocycles. The van der Waals surface area contributed by atoms with Gasteiger partial charge in [0.1, 0.15) is 12.6 Å². The molecule has 7 nitrogen and oxygen atoms in total. The maximum Gasteiger partial charge on any atom is 0.264 e. The molecular weight excluding hydrogens is 589 g/mol. The van der Waals surface area contributed by atoms with E-state index in [2.05, 4.69) is 21.2 Å². The van der Waals surface area contributed by atoms with Gasteiger partial charge in [-0.05, 0) is 55.0 Å². The van der Waals surface area contributed by atoms with Gasteiger partial charge in [0.05, 0.1) is 20.6 Å². The summed E-state index contributed by atoms with van der Waals surface area (Å²) in [6, 6.07) is 18.5. The van der Waals surface area contributed by atoms with Gasteiger partial charge >= 0.3 is 0 Å². The zero-order chi connectivity index (χ0) is 26.5. The molecule has 0 bridgehead atoms. The van der Waals surface area contributed by atoms with E-state index < -0.39 is 34.4 Å². The third kappa shape index (κ3) is 6.59. The van der Waals surface area contributed by atoms with E-state index in [9.17, 15) is 18.0 Å². The lowest BCUT2D eigenvalue weighted by atomic mass is 10.1. The number of amides is 2. The van der Waals surface area contributed by atoms with Gasteiger partial charge in [-0.25, -0.2) is 8.42 Å². The largest absolute Gasteiger partial charge is 0.357 e. The van der Waals surface area contributed by atoms with E-state index in [4.69, 9.17) is 23.2 Å². The van der Waals surface area contributed by atoms with E-state index in [0.717, 1.165) is 4.31 Å². The molecule has 3 aromatic carbocycles. The van der Waals surface area contributed by atoms with Gasteiger partial charge in [0, 0.05) is 18.1 Å². The molecular formula is C25H24BrCl2N3O4S. The molecule has 1 atom stereocenters. The highest BCUT2D eigenvalue weighted by molar-refractivity contribution is 9.10. The Labute approximate surface area is 229 Å². The van der Waals surface area contributed by atoms with Gasteiger partial charge in [-0.1, -0.05) is 69.5 Å². The van der Waals surface area contributed by atoms with Crippen LogP contribution in [0.4, 0.5) is 5.69 Å². The molecule has 0 spiro atoms. The molecule has 190 valence electrons. The summed E-state index contributed by atoms with van der Waals surface area (Å²) in [5.41, 5.74) is 0.928. The molecule has 36 heavy (non-hydrogen) atoms. The Hall–Kier alpha value is -2.59. The van der Waals surface area contributed by atoms with Crippen LogP contribution >= 0.6 is 39.1 Å². The van der Waals surface area contributed by atoms with E-state index in [-0.39, 0.29) is 11.4 Å². The number of rotatable bonds is 9. The molecule has 2 amide bonds. The third-order valence-corrected chi connectivity index (χ3v) is 8.48. The first-order valence-electron chi connectivity index (χ1n) is 10.8. The maximum atomic E-state index is 13.7. The molecule has 1 unspecified atom stereocenters. The summed E-state index contributed by atoms with van der Waals surface area (Å²) >= 11 is 15.5. The van der Waals surface area contributed by atoms with Crippen molar-refractivity contribution in [2.75, 3.05) is 17.9 Å². The minimum absolute atomic E-state index is 0.0159. The number of hydrogen-bond acceptors (Lipinski definition) is 4. The zero-order valence-corrected chi connectivity index (χ0v) is 23.4. The van der Waals surface area contributed by atoms with Crippen LogP contribution in [-0.4, -0.2) is 44.8 Å². The number of anilines is 1. The van der Waals surface area contributed by atoms with Crippen LogP contribution in [0.2, 0.25) is 10.0 Å². The Kier molecular flexibility index (Phi) is 9.41. The Morgan fingerprint density at radius 1 is 0.972 bits per heavy atom. The summed E-state index contributed by atoms with van der Waals surface area (Å²) in [4.78, 5) is 27.5. The summed E-state index contributed by atoms with van der Waals surface area (Å²) in [5, 5.41) is 3.19. The number of carbonyl (C=O) groups is 2. The maximum absolute atomic E-state index is 13.7. The van der Waals surface area contributed by atoms with Crippen LogP contribution in [0.1, 0.15) is 12.5 Å². The Balaban J connectivity index is 2.03.